The molecule has 160 valence electrons. The second kappa shape index (κ2) is 10.4. The van der Waals surface area contributed by atoms with Crippen LogP contribution in [0.25, 0.3) is 0 Å². The Labute approximate surface area is 178 Å². The standard InChI is InChI=1S/C25H32N2O3/c1-17(2)12-13-23(28)27-22(14-18-8-4-3-5-9-18)24(29)25(30)26-21-15-19-10-6-7-11-20(19)16-21/h3-11,17,21-22,24,29H,12-16H2,1-2H3,(H,26,30)(H,27,28)/t22-,24?/m0/s1. The molecule has 0 saturated heterocycles. The molecule has 0 spiro atoms. The first-order chi connectivity index (χ1) is 14.4. The van der Waals surface area contributed by atoms with Crippen molar-refractivity contribution in [1.82, 2.24) is 10.6 Å². The monoisotopic (exact) mass is 408 g/mol. The summed E-state index contributed by atoms with van der Waals surface area (Å²) in [7, 11) is 0. The number of hydrogen-bond donors (Lipinski definition) is 3. The summed E-state index contributed by atoms with van der Waals surface area (Å²) in [4.78, 5) is 25.2. The lowest BCUT2D eigenvalue weighted by atomic mass is 9.99. The highest BCUT2D eigenvalue weighted by Gasteiger charge is 2.31. The second-order valence-electron chi connectivity index (χ2n) is 8.62. The van der Waals surface area contributed by atoms with Crippen LogP contribution >= 0.6 is 0 Å². The molecule has 1 unspecified atom stereocenters. The number of rotatable bonds is 9. The molecule has 0 radical (unpaired) electrons. The molecule has 0 heterocycles. The number of benzene rings is 2. The first-order valence-electron chi connectivity index (χ1n) is 10.8. The van der Waals surface area contributed by atoms with Gasteiger partial charge in [-0.15, -0.1) is 0 Å². The number of carbonyl (C=O) groups excluding carboxylic acids is 2. The van der Waals surface area contributed by atoms with Crippen LogP contribution in [0.4, 0.5) is 0 Å². The van der Waals surface area contributed by atoms with E-state index in [9.17, 15) is 14.7 Å². The van der Waals surface area contributed by atoms with Gasteiger partial charge in [0, 0.05) is 12.5 Å². The summed E-state index contributed by atoms with van der Waals surface area (Å²) in [5.41, 5.74) is 3.44. The van der Waals surface area contributed by atoms with E-state index in [1.807, 2.05) is 42.5 Å². The molecule has 0 bridgehead atoms. The third kappa shape index (κ3) is 6.17. The molecule has 2 amide bonds. The summed E-state index contributed by atoms with van der Waals surface area (Å²) in [5.74, 6) is -0.150. The summed E-state index contributed by atoms with van der Waals surface area (Å²) < 4.78 is 0. The van der Waals surface area contributed by atoms with E-state index in [2.05, 4.69) is 36.6 Å². The molecule has 2 aromatic rings. The van der Waals surface area contributed by atoms with Crippen LogP contribution in [0.5, 0.6) is 0 Å². The van der Waals surface area contributed by atoms with Gasteiger partial charge >= 0.3 is 0 Å². The Hall–Kier alpha value is -2.66. The summed E-state index contributed by atoms with van der Waals surface area (Å²) >= 11 is 0. The normalized spacial score (nSPS) is 15.5. The Balaban J connectivity index is 1.63. The van der Waals surface area contributed by atoms with Crippen LogP contribution in [0.1, 0.15) is 43.4 Å². The Bertz CT molecular complexity index is 825. The predicted octanol–water partition coefficient (Wildman–Crippen LogP) is 2.79. The van der Waals surface area contributed by atoms with Crippen LogP contribution in [0, 0.1) is 5.92 Å². The lowest BCUT2D eigenvalue weighted by molar-refractivity contribution is -0.132. The average molecular weight is 409 g/mol. The Morgan fingerprint density at radius 1 is 1.00 bits per heavy atom. The maximum Gasteiger partial charge on any atom is 0.251 e. The van der Waals surface area contributed by atoms with Crippen LogP contribution in [0.2, 0.25) is 0 Å². The van der Waals surface area contributed by atoms with Crippen molar-refractivity contribution in [2.45, 2.75) is 64.1 Å². The lowest BCUT2D eigenvalue weighted by Crippen LogP contribution is -2.53. The highest BCUT2D eigenvalue weighted by molar-refractivity contribution is 5.83. The zero-order valence-corrected chi connectivity index (χ0v) is 17.8. The second-order valence-corrected chi connectivity index (χ2v) is 8.62. The Morgan fingerprint density at radius 3 is 2.20 bits per heavy atom. The van der Waals surface area contributed by atoms with Gasteiger partial charge in [0.1, 0.15) is 0 Å². The number of carbonyl (C=O) groups is 2. The molecule has 1 aliphatic rings. The van der Waals surface area contributed by atoms with E-state index in [-0.39, 0.29) is 11.9 Å². The molecule has 0 saturated carbocycles. The largest absolute Gasteiger partial charge is 0.381 e. The molecule has 30 heavy (non-hydrogen) atoms. The molecule has 5 heteroatoms. The summed E-state index contributed by atoms with van der Waals surface area (Å²) in [6, 6.07) is 17.1. The van der Waals surface area contributed by atoms with E-state index < -0.39 is 18.1 Å². The van der Waals surface area contributed by atoms with E-state index in [0.29, 0.717) is 18.8 Å². The molecule has 5 nitrogen and oxygen atoms in total. The van der Waals surface area contributed by atoms with Crippen molar-refractivity contribution in [1.29, 1.82) is 0 Å². The molecule has 1 aliphatic carbocycles. The van der Waals surface area contributed by atoms with Crippen LogP contribution < -0.4 is 10.6 Å². The van der Waals surface area contributed by atoms with Gasteiger partial charge in [0.2, 0.25) is 5.91 Å². The van der Waals surface area contributed by atoms with Crippen molar-refractivity contribution in [2.24, 2.45) is 5.92 Å². The van der Waals surface area contributed by atoms with Crippen molar-refractivity contribution in [3.63, 3.8) is 0 Å². The van der Waals surface area contributed by atoms with E-state index in [4.69, 9.17) is 0 Å². The minimum Gasteiger partial charge on any atom is -0.381 e. The van der Waals surface area contributed by atoms with Crippen molar-refractivity contribution >= 4 is 11.8 Å². The van der Waals surface area contributed by atoms with E-state index in [1.54, 1.807) is 0 Å². The number of nitrogens with one attached hydrogen (secondary N) is 2. The maximum atomic E-state index is 12.8. The highest BCUT2D eigenvalue weighted by atomic mass is 16.3. The van der Waals surface area contributed by atoms with E-state index in [0.717, 1.165) is 24.8 Å². The first-order valence-corrected chi connectivity index (χ1v) is 10.8. The molecule has 2 aromatic carbocycles. The molecular weight excluding hydrogens is 376 g/mol. The Morgan fingerprint density at radius 2 is 1.60 bits per heavy atom. The number of fused-ring (bicyclic) bond motifs is 1. The summed E-state index contributed by atoms with van der Waals surface area (Å²) in [6.07, 6.45) is 1.77. The highest BCUT2D eigenvalue weighted by Crippen LogP contribution is 2.22. The smallest absolute Gasteiger partial charge is 0.251 e. The van der Waals surface area contributed by atoms with Gasteiger partial charge in [-0.3, -0.25) is 9.59 Å². The fraction of sp³-hybridized carbons (Fsp3) is 0.440. The summed E-state index contributed by atoms with van der Waals surface area (Å²) in [6.45, 7) is 4.13. The molecule has 0 fully saturated rings. The van der Waals surface area contributed by atoms with Crippen LogP contribution in [0.3, 0.4) is 0 Å². The van der Waals surface area contributed by atoms with Gasteiger partial charge < -0.3 is 15.7 Å². The van der Waals surface area contributed by atoms with Gasteiger partial charge in [0.25, 0.3) is 5.91 Å². The lowest BCUT2D eigenvalue weighted by Gasteiger charge is -2.25. The zero-order valence-electron chi connectivity index (χ0n) is 17.8. The Kier molecular flexibility index (Phi) is 7.63. The minimum absolute atomic E-state index is 0.0291. The van der Waals surface area contributed by atoms with Crippen LogP contribution in [-0.2, 0) is 28.9 Å². The number of aliphatic hydroxyl groups is 1. The number of aliphatic hydroxyl groups excluding tert-OH is 1. The van der Waals surface area contributed by atoms with Gasteiger partial charge in [-0.05, 0) is 48.3 Å². The fourth-order valence-electron chi connectivity index (χ4n) is 3.94. The zero-order chi connectivity index (χ0) is 21.5. The van der Waals surface area contributed by atoms with Gasteiger partial charge in [0.15, 0.2) is 6.10 Å². The SMILES string of the molecule is CC(C)CCC(=O)N[C@@H](Cc1ccccc1)C(O)C(=O)NC1Cc2ccccc2C1. The molecule has 3 rings (SSSR count). The quantitative estimate of drug-likeness (QED) is 0.597. The summed E-state index contributed by atoms with van der Waals surface area (Å²) in [5, 5.41) is 16.7. The van der Waals surface area contributed by atoms with Crippen molar-refractivity contribution in [2.75, 3.05) is 0 Å². The third-order valence-corrected chi connectivity index (χ3v) is 5.64. The van der Waals surface area contributed by atoms with E-state index >= 15 is 0 Å². The third-order valence-electron chi connectivity index (χ3n) is 5.64. The van der Waals surface area contributed by atoms with Crippen molar-refractivity contribution < 1.29 is 14.7 Å². The molecule has 3 N–H and O–H groups in total. The van der Waals surface area contributed by atoms with Crippen LogP contribution in [-0.4, -0.2) is 35.1 Å². The topological polar surface area (TPSA) is 78.4 Å². The number of amides is 2. The van der Waals surface area contributed by atoms with Gasteiger partial charge in [-0.1, -0.05) is 68.4 Å². The maximum absolute atomic E-state index is 12.8. The predicted molar refractivity (Wildman–Crippen MR) is 118 cm³/mol. The average Bonchev–Trinajstić information content (AvgIpc) is 3.14. The first kappa shape index (κ1) is 22.0. The number of hydrogen-bond acceptors (Lipinski definition) is 3. The fourth-order valence-corrected chi connectivity index (χ4v) is 3.94. The van der Waals surface area contributed by atoms with E-state index in [1.165, 1.54) is 11.1 Å². The van der Waals surface area contributed by atoms with Crippen molar-refractivity contribution in [3.05, 3.63) is 71.3 Å². The molecule has 0 aliphatic heterocycles. The molecule has 2 atom stereocenters. The van der Waals surface area contributed by atoms with Crippen LogP contribution in [0.15, 0.2) is 54.6 Å². The van der Waals surface area contributed by atoms with Gasteiger partial charge in [0.05, 0.1) is 6.04 Å². The van der Waals surface area contributed by atoms with Gasteiger partial charge in [-0.25, -0.2) is 0 Å². The molecular formula is C25H32N2O3. The minimum atomic E-state index is -1.31. The molecule has 0 aromatic heterocycles. The van der Waals surface area contributed by atoms with Crippen molar-refractivity contribution in [3.8, 4) is 0 Å². The van der Waals surface area contributed by atoms with Gasteiger partial charge in [-0.2, -0.15) is 0 Å².